The maximum Gasteiger partial charge on any atom is 0.165 e. The van der Waals surface area contributed by atoms with Gasteiger partial charge in [0.15, 0.2) is 5.82 Å². The van der Waals surface area contributed by atoms with Crippen LogP contribution in [0.4, 0.5) is 10.1 Å². The molecule has 2 aliphatic heterocycles. The van der Waals surface area contributed by atoms with Crippen molar-refractivity contribution in [2.45, 2.75) is 74.0 Å². The van der Waals surface area contributed by atoms with E-state index in [0.29, 0.717) is 11.5 Å². The lowest BCUT2D eigenvalue weighted by Crippen LogP contribution is -2.13. The zero-order valence-electron chi connectivity index (χ0n) is 23.4. The molecule has 2 atom stereocenters. The monoisotopic (exact) mass is 500 g/mol. The van der Waals surface area contributed by atoms with Gasteiger partial charge in [-0.1, -0.05) is 64.1 Å². The summed E-state index contributed by atoms with van der Waals surface area (Å²) < 4.78 is 16.0. The molecule has 5 heteroatoms. The van der Waals surface area contributed by atoms with Crippen molar-refractivity contribution in [2.75, 3.05) is 4.90 Å². The third-order valence-corrected chi connectivity index (χ3v) is 6.62. The van der Waals surface area contributed by atoms with E-state index in [0.717, 1.165) is 41.2 Å². The zero-order chi connectivity index (χ0) is 27.1. The van der Waals surface area contributed by atoms with Crippen molar-refractivity contribution in [3.63, 3.8) is 0 Å². The molecule has 0 saturated carbocycles. The molecular formula is C32H41FN4. The third-order valence-electron chi connectivity index (χ3n) is 6.62. The van der Waals surface area contributed by atoms with Gasteiger partial charge in [-0.05, 0) is 68.9 Å². The molecule has 0 spiro atoms. The van der Waals surface area contributed by atoms with E-state index in [9.17, 15) is 4.39 Å². The maximum absolute atomic E-state index is 13.9. The van der Waals surface area contributed by atoms with Crippen LogP contribution in [0.2, 0.25) is 0 Å². The van der Waals surface area contributed by atoms with Gasteiger partial charge in [0.25, 0.3) is 0 Å². The second-order valence-corrected chi connectivity index (χ2v) is 9.62. The van der Waals surface area contributed by atoms with Gasteiger partial charge in [-0.15, -0.1) is 10.2 Å². The smallest absolute Gasteiger partial charge is 0.165 e. The number of allylic oxidation sites excluding steroid dienone is 5. The highest BCUT2D eigenvalue weighted by Crippen LogP contribution is 2.38. The summed E-state index contributed by atoms with van der Waals surface area (Å²) in [6.07, 6.45) is 14.3. The molecule has 4 nitrogen and oxygen atoms in total. The number of hydrogen-bond donors (Lipinski definition) is 0. The van der Waals surface area contributed by atoms with E-state index in [2.05, 4.69) is 103 Å². The minimum atomic E-state index is -0.532. The summed E-state index contributed by atoms with van der Waals surface area (Å²) in [6.45, 7) is 18.1. The van der Waals surface area contributed by atoms with Crippen LogP contribution in [0.15, 0.2) is 78.8 Å². The number of alkyl halides is 1. The van der Waals surface area contributed by atoms with Crippen molar-refractivity contribution in [3.05, 3.63) is 89.9 Å². The van der Waals surface area contributed by atoms with Crippen LogP contribution in [-0.4, -0.2) is 14.8 Å². The first-order valence-corrected chi connectivity index (χ1v) is 13.4. The Hall–Kier alpha value is -3.47. The molecule has 2 heterocycles. The van der Waals surface area contributed by atoms with Crippen LogP contribution in [0.1, 0.15) is 72.1 Å². The summed E-state index contributed by atoms with van der Waals surface area (Å²) in [7, 11) is 0. The van der Waals surface area contributed by atoms with Gasteiger partial charge in [0.1, 0.15) is 12.4 Å². The summed E-state index contributed by atoms with van der Waals surface area (Å²) in [4.78, 5) is 2.05. The number of halogens is 1. The molecule has 0 amide bonds. The summed E-state index contributed by atoms with van der Waals surface area (Å²) in [5.74, 6) is 1.32. The number of rotatable bonds is 8. The Morgan fingerprint density at radius 3 is 2.59 bits per heavy atom. The molecule has 0 radical (unpaired) electrons. The van der Waals surface area contributed by atoms with Crippen molar-refractivity contribution < 1.29 is 4.39 Å². The number of nitrogens with zero attached hydrogens (tertiary/aromatic N) is 4. The number of fused-ring (bicyclic) bond motifs is 1. The van der Waals surface area contributed by atoms with Crippen molar-refractivity contribution in [3.8, 4) is 22.6 Å². The first-order valence-electron chi connectivity index (χ1n) is 13.4. The summed E-state index contributed by atoms with van der Waals surface area (Å²) >= 11 is 0. The second-order valence-electron chi connectivity index (χ2n) is 9.62. The first kappa shape index (κ1) is 28.1. The summed E-state index contributed by atoms with van der Waals surface area (Å²) in [5, 5.41) is 9.16. The lowest BCUT2D eigenvalue weighted by atomic mass is 9.94. The van der Waals surface area contributed by atoms with Crippen LogP contribution in [0.5, 0.6) is 0 Å². The van der Waals surface area contributed by atoms with E-state index in [1.807, 2.05) is 32.3 Å². The van der Waals surface area contributed by atoms with Gasteiger partial charge in [0, 0.05) is 41.0 Å². The van der Waals surface area contributed by atoms with Gasteiger partial charge < -0.3 is 9.47 Å². The Bertz CT molecular complexity index is 1280. The van der Waals surface area contributed by atoms with E-state index in [-0.39, 0.29) is 6.04 Å². The molecular weight excluding hydrogens is 459 g/mol. The van der Waals surface area contributed by atoms with Gasteiger partial charge in [-0.3, -0.25) is 0 Å². The Balaban J connectivity index is 0.00000186. The number of benzene rings is 1. The van der Waals surface area contributed by atoms with Gasteiger partial charge in [-0.25, -0.2) is 4.39 Å². The highest BCUT2D eigenvalue weighted by Gasteiger charge is 2.24. The molecule has 0 fully saturated rings. The number of aryl methyl sites for hydroxylation is 1. The molecule has 3 aliphatic rings. The molecule has 196 valence electrons. The van der Waals surface area contributed by atoms with Crippen LogP contribution in [0, 0.1) is 5.92 Å². The highest BCUT2D eigenvalue weighted by atomic mass is 19.1. The van der Waals surface area contributed by atoms with Crippen LogP contribution in [0.3, 0.4) is 0 Å². The van der Waals surface area contributed by atoms with E-state index in [4.69, 9.17) is 0 Å². The average Bonchev–Trinajstić information content (AvgIpc) is 3.36. The Morgan fingerprint density at radius 1 is 1.24 bits per heavy atom. The number of aromatic nitrogens is 3. The Kier molecular flexibility index (Phi) is 9.62. The second kappa shape index (κ2) is 12.7. The van der Waals surface area contributed by atoms with Gasteiger partial charge >= 0.3 is 0 Å². The molecule has 1 aromatic carbocycles. The quantitative estimate of drug-likeness (QED) is 0.309. The zero-order valence-corrected chi connectivity index (χ0v) is 23.4. The predicted molar refractivity (Wildman–Crippen MR) is 155 cm³/mol. The molecule has 1 aliphatic carbocycles. The van der Waals surface area contributed by atoms with Crippen molar-refractivity contribution >= 4 is 5.69 Å². The fourth-order valence-electron chi connectivity index (χ4n) is 4.66. The van der Waals surface area contributed by atoms with Gasteiger partial charge in [0.05, 0.1) is 6.04 Å². The lowest BCUT2D eigenvalue weighted by Gasteiger charge is -2.24. The van der Waals surface area contributed by atoms with E-state index in [1.165, 1.54) is 16.7 Å². The SMILES string of the molecule is C=CN(C=C(C)C)c1ccc(-c2nnc3n(C(C)C4=CCC(C)C=C4)cc(CF)cc2-3)cc1CC.CC. The van der Waals surface area contributed by atoms with Crippen LogP contribution < -0.4 is 4.90 Å². The summed E-state index contributed by atoms with van der Waals surface area (Å²) in [6, 6.07) is 8.26. The molecule has 37 heavy (non-hydrogen) atoms. The van der Waals surface area contributed by atoms with Crippen molar-refractivity contribution in [2.24, 2.45) is 5.92 Å². The molecule has 4 rings (SSSR count). The number of pyridine rings is 1. The minimum absolute atomic E-state index is 0.0381. The largest absolute Gasteiger partial charge is 0.324 e. The molecule has 1 aromatic rings. The minimum Gasteiger partial charge on any atom is -0.324 e. The molecule has 0 bridgehead atoms. The predicted octanol–water partition coefficient (Wildman–Crippen LogP) is 9.07. The average molecular weight is 501 g/mol. The normalized spacial score (nSPS) is 15.5. The van der Waals surface area contributed by atoms with Crippen molar-refractivity contribution in [1.82, 2.24) is 14.8 Å². The highest BCUT2D eigenvalue weighted by molar-refractivity contribution is 5.81. The number of anilines is 1. The topological polar surface area (TPSA) is 34.0 Å². The first-order chi connectivity index (χ1) is 17.9. The van der Waals surface area contributed by atoms with Crippen LogP contribution in [-0.2, 0) is 13.1 Å². The molecule has 0 aromatic heterocycles. The van der Waals surface area contributed by atoms with E-state index >= 15 is 0 Å². The maximum atomic E-state index is 13.9. The van der Waals surface area contributed by atoms with Gasteiger partial charge in [0.2, 0.25) is 0 Å². The Labute approximate surface area is 222 Å². The third kappa shape index (κ3) is 6.10. The Morgan fingerprint density at radius 2 is 2.00 bits per heavy atom. The lowest BCUT2D eigenvalue weighted by molar-refractivity contribution is 0.479. The van der Waals surface area contributed by atoms with Crippen LogP contribution in [0.25, 0.3) is 22.6 Å². The fraction of sp³-hybridized carbons (Fsp3) is 0.375. The molecule has 0 N–H and O–H groups in total. The van der Waals surface area contributed by atoms with Crippen LogP contribution >= 0.6 is 0 Å². The fourth-order valence-corrected chi connectivity index (χ4v) is 4.66. The molecule has 2 unspecified atom stereocenters. The number of hydrogen-bond acceptors (Lipinski definition) is 3. The van der Waals surface area contributed by atoms with Gasteiger partial charge in [-0.2, -0.15) is 0 Å². The molecule has 0 saturated heterocycles. The van der Waals surface area contributed by atoms with E-state index in [1.54, 1.807) is 0 Å². The van der Waals surface area contributed by atoms with E-state index < -0.39 is 6.67 Å². The standard InChI is InChI=1S/C30H35FN4.C2H6/c1-7-24-16-26(13-14-28(24)34(8-2)18-20(3)4)29-27-15-23(17-31)19-35(30(27)33-32-29)22(6)25-11-9-21(5)10-12-25;1-2/h8-9,11-16,18-19,21-22H,2,7,10,17H2,1,3-6H3;1-2H3. The summed E-state index contributed by atoms with van der Waals surface area (Å²) in [5.41, 5.74) is 7.96. The van der Waals surface area contributed by atoms with Crippen molar-refractivity contribution in [1.29, 1.82) is 0 Å².